The molecule has 104 valence electrons. The van der Waals surface area contributed by atoms with Crippen LogP contribution in [-0.2, 0) is 6.54 Å². The molecule has 3 heteroatoms. The van der Waals surface area contributed by atoms with Crippen LogP contribution in [0, 0.1) is 13.8 Å². The van der Waals surface area contributed by atoms with Gasteiger partial charge >= 0.3 is 0 Å². The molecule has 0 amide bonds. The third-order valence-corrected chi connectivity index (χ3v) is 3.49. The maximum absolute atomic E-state index is 12.6. The monoisotopic (exact) mass is 269 g/mol. The summed E-state index contributed by atoms with van der Waals surface area (Å²) >= 11 is 0. The summed E-state index contributed by atoms with van der Waals surface area (Å²) in [5.74, 6) is 0.566. The van der Waals surface area contributed by atoms with Gasteiger partial charge in [0.25, 0.3) is 0 Å². The van der Waals surface area contributed by atoms with Crippen molar-refractivity contribution in [1.29, 1.82) is 0 Å². The summed E-state index contributed by atoms with van der Waals surface area (Å²) in [4.78, 5) is 12.6. The molecule has 0 aromatic heterocycles. The van der Waals surface area contributed by atoms with E-state index in [1.54, 1.807) is 13.2 Å². The molecule has 0 bridgehead atoms. The topological polar surface area (TPSA) is 52.3 Å². The van der Waals surface area contributed by atoms with Crippen molar-refractivity contribution >= 4 is 5.78 Å². The molecule has 0 spiro atoms. The second-order valence-electron chi connectivity index (χ2n) is 4.87. The van der Waals surface area contributed by atoms with Gasteiger partial charge < -0.3 is 10.5 Å². The first-order valence-electron chi connectivity index (χ1n) is 6.55. The highest BCUT2D eigenvalue weighted by Gasteiger charge is 2.16. The molecule has 0 unspecified atom stereocenters. The molecule has 2 aromatic carbocycles. The first-order valence-corrected chi connectivity index (χ1v) is 6.55. The smallest absolute Gasteiger partial charge is 0.196 e. The largest absolute Gasteiger partial charge is 0.496 e. The van der Waals surface area contributed by atoms with Gasteiger partial charge in [0.15, 0.2) is 5.78 Å². The van der Waals surface area contributed by atoms with Crippen molar-refractivity contribution in [1.82, 2.24) is 0 Å². The normalized spacial score (nSPS) is 10.4. The molecule has 0 heterocycles. The number of hydrogen-bond acceptors (Lipinski definition) is 3. The Bertz CT molecular complexity index is 647. The highest BCUT2D eigenvalue weighted by atomic mass is 16.5. The zero-order valence-electron chi connectivity index (χ0n) is 12.1. The molecule has 0 radical (unpaired) electrons. The number of ether oxygens (including phenoxy) is 1. The molecular formula is C17H19NO2. The molecule has 0 saturated heterocycles. The zero-order valence-corrected chi connectivity index (χ0v) is 12.1. The van der Waals surface area contributed by atoms with Crippen molar-refractivity contribution in [2.24, 2.45) is 5.73 Å². The molecule has 20 heavy (non-hydrogen) atoms. The van der Waals surface area contributed by atoms with Crippen molar-refractivity contribution in [2.45, 2.75) is 20.4 Å². The Hall–Kier alpha value is -2.13. The number of benzene rings is 2. The van der Waals surface area contributed by atoms with Crippen LogP contribution in [0.4, 0.5) is 0 Å². The highest BCUT2D eigenvalue weighted by Crippen LogP contribution is 2.25. The fourth-order valence-electron chi connectivity index (χ4n) is 2.13. The minimum atomic E-state index is -0.0414. The summed E-state index contributed by atoms with van der Waals surface area (Å²) in [6, 6.07) is 11.2. The zero-order chi connectivity index (χ0) is 14.7. The number of methoxy groups -OCH3 is 1. The lowest BCUT2D eigenvalue weighted by molar-refractivity contribution is 0.103. The van der Waals surface area contributed by atoms with Crippen LogP contribution >= 0.6 is 0 Å². The summed E-state index contributed by atoms with van der Waals surface area (Å²) in [6.45, 7) is 4.41. The van der Waals surface area contributed by atoms with E-state index in [0.29, 0.717) is 23.4 Å². The highest BCUT2D eigenvalue weighted by molar-refractivity contribution is 6.11. The Morgan fingerprint density at radius 1 is 1.15 bits per heavy atom. The van der Waals surface area contributed by atoms with E-state index in [0.717, 1.165) is 16.7 Å². The predicted molar refractivity (Wildman–Crippen MR) is 80.2 cm³/mol. The number of aryl methyl sites for hydroxylation is 2. The van der Waals surface area contributed by atoms with Crippen LogP contribution in [0.25, 0.3) is 0 Å². The van der Waals surface area contributed by atoms with E-state index in [2.05, 4.69) is 0 Å². The average molecular weight is 269 g/mol. The lowest BCUT2D eigenvalue weighted by Gasteiger charge is -2.11. The molecule has 2 rings (SSSR count). The molecule has 0 aliphatic rings. The summed E-state index contributed by atoms with van der Waals surface area (Å²) in [7, 11) is 1.58. The van der Waals surface area contributed by atoms with Crippen LogP contribution in [0.15, 0.2) is 36.4 Å². The lowest BCUT2D eigenvalue weighted by atomic mass is 9.97. The van der Waals surface area contributed by atoms with Crippen LogP contribution in [0.1, 0.15) is 32.6 Å². The van der Waals surface area contributed by atoms with E-state index in [1.807, 2.05) is 44.2 Å². The maximum atomic E-state index is 12.6. The molecule has 0 aliphatic carbocycles. The van der Waals surface area contributed by atoms with Crippen LogP contribution in [0.5, 0.6) is 5.75 Å². The standard InChI is InChI=1S/C17H19NO2/c1-11-7-15(16(20-3)8-12(11)2)17(19)14-6-4-5-13(9-14)10-18/h4-9H,10,18H2,1-3H3. The van der Waals surface area contributed by atoms with Gasteiger partial charge in [-0.2, -0.15) is 0 Å². The number of carbonyl (C=O) groups excluding carboxylic acids is 1. The van der Waals surface area contributed by atoms with Crippen LogP contribution in [-0.4, -0.2) is 12.9 Å². The van der Waals surface area contributed by atoms with E-state index < -0.39 is 0 Å². The van der Waals surface area contributed by atoms with Gasteiger partial charge in [-0.05, 0) is 48.7 Å². The quantitative estimate of drug-likeness (QED) is 0.868. The van der Waals surface area contributed by atoms with E-state index >= 15 is 0 Å². The van der Waals surface area contributed by atoms with Crippen LogP contribution < -0.4 is 10.5 Å². The summed E-state index contributed by atoms with van der Waals surface area (Å²) in [6.07, 6.45) is 0. The first-order chi connectivity index (χ1) is 9.56. The van der Waals surface area contributed by atoms with Gasteiger partial charge in [-0.25, -0.2) is 0 Å². The molecule has 0 aliphatic heterocycles. The molecule has 3 nitrogen and oxygen atoms in total. The van der Waals surface area contributed by atoms with Crippen molar-refractivity contribution in [3.8, 4) is 5.75 Å². The van der Waals surface area contributed by atoms with Crippen LogP contribution in [0.2, 0.25) is 0 Å². The van der Waals surface area contributed by atoms with E-state index in [-0.39, 0.29) is 5.78 Å². The molecule has 2 N–H and O–H groups in total. The lowest BCUT2D eigenvalue weighted by Crippen LogP contribution is -2.06. The Kier molecular flexibility index (Phi) is 4.20. The second kappa shape index (κ2) is 5.88. The van der Waals surface area contributed by atoms with Gasteiger partial charge in [0.2, 0.25) is 0 Å². The maximum Gasteiger partial charge on any atom is 0.196 e. The fourth-order valence-corrected chi connectivity index (χ4v) is 2.13. The average Bonchev–Trinajstić information content (AvgIpc) is 2.48. The van der Waals surface area contributed by atoms with Crippen molar-refractivity contribution < 1.29 is 9.53 Å². The fraction of sp³-hybridized carbons (Fsp3) is 0.235. The number of nitrogens with two attached hydrogens (primary N) is 1. The summed E-state index contributed by atoms with van der Waals surface area (Å²) < 4.78 is 5.33. The first kappa shape index (κ1) is 14.3. The van der Waals surface area contributed by atoms with E-state index in [1.165, 1.54) is 0 Å². The SMILES string of the molecule is COc1cc(C)c(C)cc1C(=O)c1cccc(CN)c1. The predicted octanol–water partition coefficient (Wildman–Crippen LogP) is 3.00. The number of hydrogen-bond donors (Lipinski definition) is 1. The minimum Gasteiger partial charge on any atom is -0.496 e. The molecule has 0 fully saturated rings. The van der Waals surface area contributed by atoms with Crippen molar-refractivity contribution in [2.75, 3.05) is 7.11 Å². The molecular weight excluding hydrogens is 250 g/mol. The number of carbonyl (C=O) groups is 1. The summed E-state index contributed by atoms with van der Waals surface area (Å²) in [5.41, 5.74) is 9.97. The van der Waals surface area contributed by atoms with Gasteiger partial charge in [0, 0.05) is 12.1 Å². The van der Waals surface area contributed by atoms with Gasteiger partial charge in [0.05, 0.1) is 12.7 Å². The Morgan fingerprint density at radius 3 is 2.50 bits per heavy atom. The van der Waals surface area contributed by atoms with Crippen LogP contribution in [0.3, 0.4) is 0 Å². The van der Waals surface area contributed by atoms with Gasteiger partial charge in [-0.15, -0.1) is 0 Å². The molecule has 0 saturated carbocycles. The van der Waals surface area contributed by atoms with Gasteiger partial charge in [0.1, 0.15) is 5.75 Å². The minimum absolute atomic E-state index is 0.0414. The van der Waals surface area contributed by atoms with Gasteiger partial charge in [-0.1, -0.05) is 18.2 Å². The third-order valence-electron chi connectivity index (χ3n) is 3.49. The van der Waals surface area contributed by atoms with E-state index in [4.69, 9.17) is 10.5 Å². The van der Waals surface area contributed by atoms with Gasteiger partial charge in [-0.3, -0.25) is 4.79 Å². The molecule has 0 atom stereocenters. The number of rotatable bonds is 4. The Balaban J connectivity index is 2.49. The summed E-state index contributed by atoms with van der Waals surface area (Å²) in [5, 5.41) is 0. The number of ketones is 1. The van der Waals surface area contributed by atoms with Crippen molar-refractivity contribution in [3.63, 3.8) is 0 Å². The second-order valence-corrected chi connectivity index (χ2v) is 4.87. The Morgan fingerprint density at radius 2 is 1.85 bits per heavy atom. The third kappa shape index (κ3) is 2.73. The molecule has 2 aromatic rings. The van der Waals surface area contributed by atoms with E-state index in [9.17, 15) is 4.79 Å². The Labute approximate surface area is 119 Å². The van der Waals surface area contributed by atoms with Crippen molar-refractivity contribution in [3.05, 3.63) is 64.2 Å².